The van der Waals surface area contributed by atoms with Crippen molar-refractivity contribution in [2.24, 2.45) is 5.41 Å². The van der Waals surface area contributed by atoms with Gasteiger partial charge in [-0.3, -0.25) is 4.68 Å². The summed E-state index contributed by atoms with van der Waals surface area (Å²) in [5.41, 5.74) is 1.01. The Morgan fingerprint density at radius 3 is 2.47 bits per heavy atom. The third-order valence-electron chi connectivity index (χ3n) is 3.24. The summed E-state index contributed by atoms with van der Waals surface area (Å²) in [6.45, 7) is 12.1. The molecule has 2 atom stereocenters. The summed E-state index contributed by atoms with van der Waals surface area (Å²) >= 11 is 6.31. The van der Waals surface area contributed by atoms with Crippen molar-refractivity contribution < 1.29 is 4.74 Å². The lowest BCUT2D eigenvalue weighted by Crippen LogP contribution is -2.42. The van der Waals surface area contributed by atoms with E-state index in [1.165, 1.54) is 0 Å². The predicted octanol–water partition coefficient (Wildman–Crippen LogP) is 3.27. The summed E-state index contributed by atoms with van der Waals surface area (Å²) in [4.78, 5) is 0. The fourth-order valence-electron chi connectivity index (χ4n) is 2.39. The molecule has 0 radical (unpaired) electrons. The topological polar surface area (TPSA) is 39.1 Å². The molecule has 1 N–H and O–H groups in total. The van der Waals surface area contributed by atoms with Crippen LogP contribution in [-0.2, 0) is 11.3 Å². The summed E-state index contributed by atoms with van der Waals surface area (Å²) in [7, 11) is 1.94. The monoisotopic (exact) mass is 287 g/mol. The van der Waals surface area contributed by atoms with Crippen LogP contribution in [-0.4, -0.2) is 29.5 Å². The number of aromatic nitrogens is 2. The van der Waals surface area contributed by atoms with E-state index in [2.05, 4.69) is 38.1 Å². The first-order chi connectivity index (χ1) is 8.86. The summed E-state index contributed by atoms with van der Waals surface area (Å²) in [5, 5.41) is 8.35. The first-order valence-corrected chi connectivity index (χ1v) is 7.24. The Morgan fingerprint density at radius 1 is 1.42 bits per heavy atom. The smallest absolute Gasteiger partial charge is 0.0835 e. The molecule has 0 aliphatic heterocycles. The maximum absolute atomic E-state index is 6.31. The highest BCUT2D eigenvalue weighted by molar-refractivity contribution is 6.31. The minimum absolute atomic E-state index is 0.00978. The molecule has 0 fully saturated rings. The van der Waals surface area contributed by atoms with E-state index in [4.69, 9.17) is 16.3 Å². The zero-order chi connectivity index (χ0) is 14.6. The Hall–Kier alpha value is -0.580. The van der Waals surface area contributed by atoms with Gasteiger partial charge in [0, 0.05) is 13.2 Å². The van der Waals surface area contributed by atoms with Crippen molar-refractivity contribution in [2.75, 3.05) is 13.7 Å². The van der Waals surface area contributed by atoms with Gasteiger partial charge in [-0.05, 0) is 26.3 Å². The molecule has 19 heavy (non-hydrogen) atoms. The van der Waals surface area contributed by atoms with Gasteiger partial charge in [-0.2, -0.15) is 5.10 Å². The molecule has 0 spiro atoms. The SMILES string of the molecule is CCOC(C(NC)c1c(Cl)cnn1CC)C(C)(C)C. The molecule has 5 heteroatoms. The molecule has 0 aliphatic carbocycles. The second-order valence-electron chi connectivity index (χ2n) is 5.70. The first kappa shape index (κ1) is 16.5. The molecular weight excluding hydrogens is 262 g/mol. The number of halogens is 1. The van der Waals surface area contributed by atoms with Gasteiger partial charge < -0.3 is 10.1 Å². The summed E-state index contributed by atoms with van der Waals surface area (Å²) < 4.78 is 7.91. The quantitative estimate of drug-likeness (QED) is 0.873. The number of hydrogen-bond acceptors (Lipinski definition) is 3. The molecule has 0 aliphatic rings. The Labute approximate surface area is 121 Å². The van der Waals surface area contributed by atoms with Gasteiger partial charge >= 0.3 is 0 Å². The molecule has 1 rings (SSSR count). The number of ether oxygens (including phenoxy) is 1. The zero-order valence-corrected chi connectivity index (χ0v) is 13.6. The van der Waals surface area contributed by atoms with Crippen molar-refractivity contribution in [3.05, 3.63) is 16.9 Å². The van der Waals surface area contributed by atoms with Crippen LogP contribution in [0, 0.1) is 5.41 Å². The lowest BCUT2D eigenvalue weighted by molar-refractivity contribution is -0.0367. The highest BCUT2D eigenvalue weighted by atomic mass is 35.5. The largest absolute Gasteiger partial charge is 0.376 e. The zero-order valence-electron chi connectivity index (χ0n) is 12.8. The average Bonchev–Trinajstić information content (AvgIpc) is 2.70. The second kappa shape index (κ2) is 6.73. The fourth-order valence-corrected chi connectivity index (χ4v) is 2.65. The Balaban J connectivity index is 3.19. The van der Waals surface area contributed by atoms with Crippen molar-refractivity contribution in [2.45, 2.75) is 53.3 Å². The van der Waals surface area contributed by atoms with E-state index < -0.39 is 0 Å². The van der Waals surface area contributed by atoms with Gasteiger partial charge in [0.1, 0.15) is 0 Å². The third kappa shape index (κ3) is 3.71. The van der Waals surface area contributed by atoms with Crippen molar-refractivity contribution in [1.82, 2.24) is 15.1 Å². The molecule has 1 heterocycles. The van der Waals surface area contributed by atoms with E-state index in [-0.39, 0.29) is 17.6 Å². The number of likely N-dealkylation sites (N-methyl/N-ethyl adjacent to an activating group) is 1. The number of rotatable bonds is 6. The highest BCUT2D eigenvalue weighted by Crippen LogP contribution is 2.35. The molecule has 0 saturated heterocycles. The van der Waals surface area contributed by atoms with Crippen molar-refractivity contribution in [3.63, 3.8) is 0 Å². The molecule has 0 saturated carbocycles. The molecule has 0 aromatic carbocycles. The van der Waals surface area contributed by atoms with Gasteiger partial charge in [-0.15, -0.1) is 0 Å². The predicted molar refractivity (Wildman–Crippen MR) is 79.6 cm³/mol. The highest BCUT2D eigenvalue weighted by Gasteiger charge is 2.36. The van der Waals surface area contributed by atoms with Crippen LogP contribution in [0.5, 0.6) is 0 Å². The summed E-state index contributed by atoms with van der Waals surface area (Å²) in [5.74, 6) is 0. The van der Waals surface area contributed by atoms with Crippen LogP contribution in [0.4, 0.5) is 0 Å². The molecule has 0 amide bonds. The Kier molecular flexibility index (Phi) is 5.83. The Morgan fingerprint density at radius 2 is 2.05 bits per heavy atom. The maximum Gasteiger partial charge on any atom is 0.0835 e. The van der Waals surface area contributed by atoms with Gasteiger partial charge in [-0.1, -0.05) is 32.4 Å². The van der Waals surface area contributed by atoms with Crippen molar-refractivity contribution >= 4 is 11.6 Å². The van der Waals surface area contributed by atoms with Gasteiger partial charge in [-0.25, -0.2) is 0 Å². The molecular formula is C14H26ClN3O. The summed E-state index contributed by atoms with van der Waals surface area (Å²) in [6, 6.07) is 0.0231. The average molecular weight is 288 g/mol. The van der Waals surface area contributed by atoms with Crippen LogP contribution >= 0.6 is 11.6 Å². The fraction of sp³-hybridized carbons (Fsp3) is 0.786. The van der Waals surface area contributed by atoms with Crippen LogP contribution < -0.4 is 5.32 Å². The van der Waals surface area contributed by atoms with Crippen LogP contribution in [0.15, 0.2) is 6.20 Å². The molecule has 1 aromatic heterocycles. The van der Waals surface area contributed by atoms with E-state index in [1.54, 1.807) is 6.20 Å². The van der Waals surface area contributed by atoms with Crippen LogP contribution in [0.3, 0.4) is 0 Å². The molecule has 1 aromatic rings. The first-order valence-electron chi connectivity index (χ1n) is 6.86. The van der Waals surface area contributed by atoms with Crippen molar-refractivity contribution in [3.8, 4) is 0 Å². The normalized spacial score (nSPS) is 15.5. The molecule has 0 bridgehead atoms. The Bertz CT molecular complexity index is 398. The van der Waals surface area contributed by atoms with Gasteiger partial charge in [0.05, 0.1) is 29.1 Å². The van der Waals surface area contributed by atoms with Crippen LogP contribution in [0.1, 0.15) is 46.4 Å². The molecule has 4 nitrogen and oxygen atoms in total. The second-order valence-corrected chi connectivity index (χ2v) is 6.11. The minimum atomic E-state index is 0.00978. The lowest BCUT2D eigenvalue weighted by atomic mass is 9.83. The van der Waals surface area contributed by atoms with Crippen molar-refractivity contribution in [1.29, 1.82) is 0 Å². The van der Waals surface area contributed by atoms with E-state index in [0.29, 0.717) is 11.6 Å². The van der Waals surface area contributed by atoms with Crippen LogP contribution in [0.25, 0.3) is 0 Å². The van der Waals surface area contributed by atoms with E-state index in [0.717, 1.165) is 12.2 Å². The lowest BCUT2D eigenvalue weighted by Gasteiger charge is -2.37. The molecule has 2 unspecified atom stereocenters. The van der Waals surface area contributed by atoms with Gasteiger partial charge in [0.25, 0.3) is 0 Å². The minimum Gasteiger partial charge on any atom is -0.376 e. The number of nitrogens with one attached hydrogen (secondary N) is 1. The summed E-state index contributed by atoms with van der Waals surface area (Å²) in [6.07, 6.45) is 1.73. The maximum atomic E-state index is 6.31. The van der Waals surface area contributed by atoms with E-state index in [1.807, 2.05) is 18.7 Å². The third-order valence-corrected chi connectivity index (χ3v) is 3.53. The number of aryl methyl sites for hydroxylation is 1. The standard InChI is InChI=1S/C14H26ClN3O/c1-7-18-12(10(15)9-17-18)11(16-6)13(19-8-2)14(3,4)5/h9,11,13,16H,7-8H2,1-6H3. The van der Waals surface area contributed by atoms with Gasteiger partial charge in [0.2, 0.25) is 0 Å². The number of nitrogens with zero attached hydrogens (tertiary/aromatic N) is 2. The van der Waals surface area contributed by atoms with Gasteiger partial charge in [0.15, 0.2) is 0 Å². The van der Waals surface area contributed by atoms with E-state index >= 15 is 0 Å². The van der Waals surface area contributed by atoms with E-state index in [9.17, 15) is 0 Å². The number of hydrogen-bond donors (Lipinski definition) is 1. The van der Waals surface area contributed by atoms with Crippen LogP contribution in [0.2, 0.25) is 5.02 Å². The molecule has 110 valence electrons.